The molecule has 2 aromatic carbocycles. The van der Waals surface area contributed by atoms with Crippen molar-refractivity contribution in [1.82, 2.24) is 4.57 Å². The van der Waals surface area contributed by atoms with Gasteiger partial charge in [0.15, 0.2) is 0 Å². The summed E-state index contributed by atoms with van der Waals surface area (Å²) in [7, 11) is 0. The molecule has 5 rings (SSSR count). The Hall–Kier alpha value is -2.06. The van der Waals surface area contributed by atoms with Gasteiger partial charge in [-0.15, -0.1) is 0 Å². The molecule has 0 spiro atoms. The summed E-state index contributed by atoms with van der Waals surface area (Å²) < 4.78 is 3.63. The fraction of sp³-hybridized carbons (Fsp3) is 0.182. The second-order valence-corrected chi connectivity index (χ2v) is 7.41. The molecular formula is C22H18BrN. The van der Waals surface area contributed by atoms with Gasteiger partial charge in [0.25, 0.3) is 0 Å². The highest BCUT2D eigenvalue weighted by atomic mass is 79.9. The summed E-state index contributed by atoms with van der Waals surface area (Å²) in [5.41, 5.74) is 7.16. The number of aromatic nitrogens is 1. The minimum atomic E-state index is 1.16. The Kier molecular flexibility index (Phi) is 3.27. The predicted molar refractivity (Wildman–Crippen MR) is 106 cm³/mol. The number of hydrogen-bond donors (Lipinski definition) is 0. The summed E-state index contributed by atoms with van der Waals surface area (Å²) in [6, 6.07) is 13.1. The molecule has 0 amide bonds. The van der Waals surface area contributed by atoms with E-state index in [0.29, 0.717) is 0 Å². The van der Waals surface area contributed by atoms with Gasteiger partial charge in [-0.05, 0) is 66.5 Å². The Morgan fingerprint density at radius 1 is 0.750 bits per heavy atom. The Morgan fingerprint density at radius 3 is 2.04 bits per heavy atom. The van der Waals surface area contributed by atoms with E-state index in [1.807, 2.05) is 0 Å². The van der Waals surface area contributed by atoms with Crippen LogP contribution in [0.5, 0.6) is 0 Å². The van der Waals surface area contributed by atoms with Crippen LogP contribution in [0.1, 0.15) is 35.4 Å². The molecule has 0 saturated carbocycles. The minimum absolute atomic E-state index is 1.16. The number of halogens is 1. The Morgan fingerprint density at radius 2 is 1.38 bits per heavy atom. The van der Waals surface area contributed by atoms with Gasteiger partial charge in [-0.25, -0.2) is 0 Å². The van der Waals surface area contributed by atoms with Crippen LogP contribution in [-0.2, 0) is 12.8 Å². The van der Waals surface area contributed by atoms with Crippen molar-refractivity contribution in [1.29, 1.82) is 0 Å². The molecule has 0 unspecified atom stereocenters. The maximum absolute atomic E-state index is 3.71. The lowest BCUT2D eigenvalue weighted by molar-refractivity contribution is 0.922. The first-order chi connectivity index (χ1) is 11.8. The number of benzene rings is 2. The predicted octanol–water partition coefficient (Wildman–Crippen LogP) is 6.31. The number of rotatable bonds is 1. The van der Waals surface area contributed by atoms with E-state index >= 15 is 0 Å². The summed E-state index contributed by atoms with van der Waals surface area (Å²) in [4.78, 5) is 0. The standard InChI is InChI=1S/C22H18BrN/c23-19-13-14-22(16-8-2-1-7-15(16)19)24-20-11-5-3-9-17(20)18-10-4-6-12-21(18)24/h1-2,5-8,11-14H,3-4,9-10H2. The van der Waals surface area contributed by atoms with Gasteiger partial charge in [-0.2, -0.15) is 0 Å². The molecule has 118 valence electrons. The highest BCUT2D eigenvalue weighted by Gasteiger charge is 2.24. The zero-order valence-electron chi connectivity index (χ0n) is 13.4. The number of allylic oxidation sites excluding steroid dienone is 2. The molecule has 0 saturated heterocycles. The van der Waals surface area contributed by atoms with Crippen molar-refractivity contribution < 1.29 is 0 Å². The third-order valence-corrected chi connectivity index (χ3v) is 5.92. The maximum atomic E-state index is 3.71. The monoisotopic (exact) mass is 375 g/mol. The molecule has 1 heterocycles. The average Bonchev–Trinajstić information content (AvgIpc) is 2.97. The van der Waals surface area contributed by atoms with Crippen LogP contribution in [0.3, 0.4) is 0 Å². The molecule has 1 nitrogen and oxygen atoms in total. The Labute approximate surface area is 150 Å². The first-order valence-electron chi connectivity index (χ1n) is 8.62. The molecule has 0 atom stereocenters. The fourth-order valence-corrected chi connectivity index (χ4v) is 4.64. The first kappa shape index (κ1) is 14.3. The van der Waals surface area contributed by atoms with E-state index in [0.717, 1.165) is 17.3 Å². The third-order valence-electron chi connectivity index (χ3n) is 5.23. The van der Waals surface area contributed by atoms with E-state index in [2.05, 4.69) is 81.2 Å². The van der Waals surface area contributed by atoms with Crippen molar-refractivity contribution in [3.8, 4) is 5.69 Å². The summed E-state index contributed by atoms with van der Waals surface area (Å²) in [5, 5.41) is 2.57. The molecule has 24 heavy (non-hydrogen) atoms. The van der Waals surface area contributed by atoms with Gasteiger partial charge >= 0.3 is 0 Å². The van der Waals surface area contributed by atoms with Gasteiger partial charge in [0, 0.05) is 21.2 Å². The first-order valence-corrected chi connectivity index (χ1v) is 9.41. The summed E-state index contributed by atoms with van der Waals surface area (Å²) in [6.45, 7) is 0. The van der Waals surface area contributed by atoms with E-state index in [1.54, 1.807) is 11.1 Å². The zero-order valence-corrected chi connectivity index (χ0v) is 15.0. The Bertz CT molecular complexity index is 981. The average molecular weight is 376 g/mol. The number of nitrogens with zero attached hydrogens (tertiary/aromatic N) is 1. The molecule has 0 radical (unpaired) electrons. The molecule has 0 fully saturated rings. The van der Waals surface area contributed by atoms with Crippen LogP contribution >= 0.6 is 15.9 Å². The summed E-state index contributed by atoms with van der Waals surface area (Å²) >= 11 is 3.71. The number of hydrogen-bond acceptors (Lipinski definition) is 0. The highest BCUT2D eigenvalue weighted by Crippen LogP contribution is 2.38. The topological polar surface area (TPSA) is 4.93 Å². The van der Waals surface area contributed by atoms with E-state index in [1.165, 1.54) is 40.7 Å². The van der Waals surface area contributed by atoms with Crippen LogP contribution in [0.2, 0.25) is 0 Å². The second-order valence-electron chi connectivity index (χ2n) is 6.56. The van der Waals surface area contributed by atoms with Crippen molar-refractivity contribution >= 4 is 38.9 Å². The molecule has 2 aliphatic carbocycles. The van der Waals surface area contributed by atoms with Crippen molar-refractivity contribution in [3.63, 3.8) is 0 Å². The molecule has 2 aliphatic rings. The quantitative estimate of drug-likeness (QED) is 0.469. The number of fused-ring (bicyclic) bond motifs is 4. The van der Waals surface area contributed by atoms with Crippen LogP contribution in [0, 0.1) is 0 Å². The summed E-state index contributed by atoms with van der Waals surface area (Å²) in [6.07, 6.45) is 13.9. The SMILES string of the molecule is Brc1ccc(-n2c3c(c4c2C=CCC4)CCC=C3)c2ccccc12. The van der Waals surface area contributed by atoms with Crippen molar-refractivity contribution in [2.45, 2.75) is 25.7 Å². The van der Waals surface area contributed by atoms with Crippen LogP contribution in [0.15, 0.2) is 53.0 Å². The van der Waals surface area contributed by atoms with E-state index < -0.39 is 0 Å². The Balaban J connectivity index is 1.90. The van der Waals surface area contributed by atoms with Crippen LogP contribution in [0.25, 0.3) is 28.6 Å². The minimum Gasteiger partial charge on any atom is -0.309 e. The second kappa shape index (κ2) is 5.49. The normalized spacial score (nSPS) is 15.5. The fourth-order valence-electron chi connectivity index (χ4n) is 4.16. The lowest BCUT2D eigenvalue weighted by Gasteiger charge is -2.16. The zero-order chi connectivity index (χ0) is 16.1. The van der Waals surface area contributed by atoms with Crippen LogP contribution in [0.4, 0.5) is 0 Å². The molecule has 0 N–H and O–H groups in total. The summed E-state index contributed by atoms with van der Waals surface area (Å²) in [5.74, 6) is 0. The molecule has 2 heteroatoms. The largest absolute Gasteiger partial charge is 0.309 e. The van der Waals surface area contributed by atoms with Crippen molar-refractivity contribution in [2.24, 2.45) is 0 Å². The molecule has 0 bridgehead atoms. The van der Waals surface area contributed by atoms with Gasteiger partial charge < -0.3 is 4.57 Å². The molecular weight excluding hydrogens is 358 g/mol. The van der Waals surface area contributed by atoms with Gasteiger partial charge in [0.05, 0.1) is 5.69 Å². The van der Waals surface area contributed by atoms with Gasteiger partial charge in [-0.1, -0.05) is 52.3 Å². The molecule has 0 aliphatic heterocycles. The molecule has 1 aromatic heterocycles. The van der Waals surface area contributed by atoms with Crippen LogP contribution < -0.4 is 0 Å². The van der Waals surface area contributed by atoms with Gasteiger partial charge in [-0.3, -0.25) is 0 Å². The van der Waals surface area contributed by atoms with E-state index in [-0.39, 0.29) is 0 Å². The van der Waals surface area contributed by atoms with E-state index in [4.69, 9.17) is 0 Å². The lowest BCUT2D eigenvalue weighted by atomic mass is 9.94. The maximum Gasteiger partial charge on any atom is 0.0541 e. The van der Waals surface area contributed by atoms with Crippen LogP contribution in [-0.4, -0.2) is 4.57 Å². The van der Waals surface area contributed by atoms with Gasteiger partial charge in [0.2, 0.25) is 0 Å². The van der Waals surface area contributed by atoms with Gasteiger partial charge in [0.1, 0.15) is 0 Å². The smallest absolute Gasteiger partial charge is 0.0541 e. The molecule has 3 aromatic rings. The highest BCUT2D eigenvalue weighted by molar-refractivity contribution is 9.10. The van der Waals surface area contributed by atoms with E-state index in [9.17, 15) is 0 Å². The lowest BCUT2D eigenvalue weighted by Crippen LogP contribution is -2.03. The third kappa shape index (κ3) is 1.99. The van der Waals surface area contributed by atoms with Crippen molar-refractivity contribution in [2.75, 3.05) is 0 Å². The van der Waals surface area contributed by atoms with Crippen molar-refractivity contribution in [3.05, 3.63) is 75.5 Å².